The van der Waals surface area contributed by atoms with Crippen LogP contribution in [0.3, 0.4) is 0 Å². The van der Waals surface area contributed by atoms with Crippen LogP contribution in [0.4, 0.5) is 0 Å². The van der Waals surface area contributed by atoms with Gasteiger partial charge in [-0.05, 0) is 31.6 Å². The van der Waals surface area contributed by atoms with Gasteiger partial charge in [0, 0.05) is 18.8 Å². The highest BCUT2D eigenvalue weighted by Gasteiger charge is 2.05. The Kier molecular flexibility index (Phi) is 15.1. The van der Waals surface area contributed by atoms with Gasteiger partial charge in [0.05, 0.1) is 0 Å². The summed E-state index contributed by atoms with van der Waals surface area (Å²) in [6.45, 7) is 15.8. The average Bonchev–Trinajstić information content (AvgIpc) is 2.48. The third kappa shape index (κ3) is 13.2. The summed E-state index contributed by atoms with van der Waals surface area (Å²) in [7, 11) is 0. The summed E-state index contributed by atoms with van der Waals surface area (Å²) in [6.07, 6.45) is 16.4. The molecule has 0 unspecified atom stereocenters. The van der Waals surface area contributed by atoms with E-state index in [1.165, 1.54) is 95.8 Å². The highest BCUT2D eigenvalue weighted by molar-refractivity contribution is 4.93. The lowest BCUT2D eigenvalue weighted by Gasteiger charge is -2.26. The minimum absolute atomic E-state index is 0.882. The molecule has 0 aromatic carbocycles. The van der Waals surface area contributed by atoms with Gasteiger partial charge in [0.15, 0.2) is 0 Å². The number of allylic oxidation sites excluding steroid dienone is 1. The van der Waals surface area contributed by atoms with E-state index in [0.29, 0.717) is 0 Å². The first-order valence-electron chi connectivity index (χ1n) is 10.0. The molecule has 0 radical (unpaired) electrons. The van der Waals surface area contributed by atoms with Gasteiger partial charge < -0.3 is 4.90 Å². The first-order valence-corrected chi connectivity index (χ1v) is 10.0. The monoisotopic (exact) mass is 309 g/mol. The fraction of sp³-hybridized carbons (Fsp3) is 0.905. The van der Waals surface area contributed by atoms with Crippen molar-refractivity contribution in [2.45, 2.75) is 105 Å². The summed E-state index contributed by atoms with van der Waals surface area (Å²) in [6, 6.07) is 0. The van der Waals surface area contributed by atoms with Crippen LogP contribution in [0, 0.1) is 5.92 Å². The molecular formula is C21H43N. The highest BCUT2D eigenvalue weighted by Crippen LogP contribution is 2.16. The maximum Gasteiger partial charge on any atom is 0.0172 e. The van der Waals surface area contributed by atoms with Crippen LogP contribution < -0.4 is 0 Å². The van der Waals surface area contributed by atoms with Crippen LogP contribution in [0.1, 0.15) is 105 Å². The number of hydrogen-bond acceptors (Lipinski definition) is 1. The zero-order valence-electron chi connectivity index (χ0n) is 16.1. The Morgan fingerprint density at radius 1 is 0.773 bits per heavy atom. The molecule has 0 aromatic heterocycles. The zero-order valence-corrected chi connectivity index (χ0v) is 16.1. The van der Waals surface area contributed by atoms with Crippen LogP contribution in [-0.2, 0) is 0 Å². The van der Waals surface area contributed by atoms with Crippen LogP contribution in [0.5, 0.6) is 0 Å². The molecule has 0 aliphatic heterocycles. The number of rotatable bonds is 16. The second kappa shape index (κ2) is 15.4. The van der Waals surface area contributed by atoms with Crippen molar-refractivity contribution in [3.8, 4) is 0 Å². The van der Waals surface area contributed by atoms with E-state index in [0.717, 1.165) is 5.92 Å². The van der Waals surface area contributed by atoms with Crippen molar-refractivity contribution >= 4 is 0 Å². The summed E-state index contributed by atoms with van der Waals surface area (Å²) in [5.41, 5.74) is 1.37. The van der Waals surface area contributed by atoms with E-state index in [-0.39, 0.29) is 0 Å². The van der Waals surface area contributed by atoms with E-state index in [2.05, 4.69) is 39.2 Å². The van der Waals surface area contributed by atoms with Gasteiger partial charge in [0.1, 0.15) is 0 Å². The summed E-state index contributed by atoms with van der Waals surface area (Å²) < 4.78 is 0. The summed E-state index contributed by atoms with van der Waals surface area (Å²) in [5, 5.41) is 0. The molecule has 0 atom stereocenters. The largest absolute Gasteiger partial charge is 0.375 e. The summed E-state index contributed by atoms with van der Waals surface area (Å²) in [4.78, 5) is 2.49. The Morgan fingerprint density at radius 2 is 1.23 bits per heavy atom. The number of nitrogens with zero attached hydrogens (tertiary/aromatic N) is 1. The summed E-state index contributed by atoms with van der Waals surface area (Å²) in [5.74, 6) is 0.882. The van der Waals surface area contributed by atoms with Crippen LogP contribution >= 0.6 is 0 Å². The van der Waals surface area contributed by atoms with Crippen LogP contribution in [-0.4, -0.2) is 18.0 Å². The Morgan fingerprint density at radius 3 is 1.68 bits per heavy atom. The molecule has 0 aliphatic carbocycles. The second-order valence-corrected chi connectivity index (χ2v) is 7.31. The predicted molar refractivity (Wildman–Crippen MR) is 102 cm³/mol. The van der Waals surface area contributed by atoms with Crippen molar-refractivity contribution in [2.24, 2.45) is 5.92 Å². The lowest BCUT2D eigenvalue weighted by Crippen LogP contribution is -2.24. The first-order chi connectivity index (χ1) is 10.6. The van der Waals surface area contributed by atoms with Gasteiger partial charge in [-0.25, -0.2) is 0 Å². The first kappa shape index (κ1) is 21.5. The molecule has 0 fully saturated rings. The Bertz CT molecular complexity index is 238. The quantitative estimate of drug-likeness (QED) is 0.273. The minimum Gasteiger partial charge on any atom is -0.375 e. The predicted octanol–water partition coefficient (Wildman–Crippen LogP) is 7.18. The fourth-order valence-electron chi connectivity index (χ4n) is 3.07. The van der Waals surface area contributed by atoms with E-state index in [1.54, 1.807) is 0 Å². The molecule has 0 amide bonds. The topological polar surface area (TPSA) is 3.24 Å². The SMILES string of the molecule is C=C(CCCCCCCCCCC(C)C)N(CCC)CCC. The zero-order chi connectivity index (χ0) is 16.6. The summed E-state index contributed by atoms with van der Waals surface area (Å²) >= 11 is 0. The molecule has 0 rings (SSSR count). The molecule has 1 nitrogen and oxygen atoms in total. The Labute approximate surface area is 141 Å². The van der Waals surface area contributed by atoms with Crippen LogP contribution in [0.2, 0.25) is 0 Å². The van der Waals surface area contributed by atoms with E-state index in [9.17, 15) is 0 Å². The molecule has 0 aliphatic rings. The molecule has 0 heterocycles. The molecule has 0 N–H and O–H groups in total. The molecule has 0 saturated heterocycles. The molecule has 0 saturated carbocycles. The third-order valence-corrected chi connectivity index (χ3v) is 4.43. The number of unbranched alkanes of at least 4 members (excludes halogenated alkanes) is 7. The lowest BCUT2D eigenvalue weighted by atomic mass is 10.0. The van der Waals surface area contributed by atoms with E-state index in [4.69, 9.17) is 0 Å². The smallest absolute Gasteiger partial charge is 0.0172 e. The normalized spacial score (nSPS) is 11.1. The highest BCUT2D eigenvalue weighted by atomic mass is 15.1. The number of hydrogen-bond donors (Lipinski definition) is 0. The van der Waals surface area contributed by atoms with Gasteiger partial charge in [-0.1, -0.05) is 85.6 Å². The molecule has 1 heteroatoms. The van der Waals surface area contributed by atoms with Gasteiger partial charge >= 0.3 is 0 Å². The molecule has 22 heavy (non-hydrogen) atoms. The van der Waals surface area contributed by atoms with Crippen LogP contribution in [0.25, 0.3) is 0 Å². The van der Waals surface area contributed by atoms with Gasteiger partial charge in [-0.15, -0.1) is 0 Å². The van der Waals surface area contributed by atoms with E-state index >= 15 is 0 Å². The van der Waals surface area contributed by atoms with Gasteiger partial charge in [-0.2, -0.15) is 0 Å². The van der Waals surface area contributed by atoms with Crippen LogP contribution in [0.15, 0.2) is 12.3 Å². The minimum atomic E-state index is 0.882. The van der Waals surface area contributed by atoms with Gasteiger partial charge in [-0.3, -0.25) is 0 Å². The van der Waals surface area contributed by atoms with Crippen molar-refractivity contribution < 1.29 is 0 Å². The Balaban J connectivity index is 3.42. The average molecular weight is 310 g/mol. The van der Waals surface area contributed by atoms with E-state index < -0.39 is 0 Å². The maximum absolute atomic E-state index is 4.30. The van der Waals surface area contributed by atoms with Crippen molar-refractivity contribution in [1.82, 2.24) is 4.90 Å². The standard InChI is InChI=1S/C21H43N/c1-6-18-22(19-7-2)21(5)17-15-13-11-9-8-10-12-14-16-20(3)4/h20H,5-19H2,1-4H3. The third-order valence-electron chi connectivity index (χ3n) is 4.43. The molecular weight excluding hydrogens is 266 g/mol. The van der Waals surface area contributed by atoms with Crippen molar-refractivity contribution in [2.75, 3.05) is 13.1 Å². The fourth-order valence-corrected chi connectivity index (χ4v) is 3.07. The lowest BCUT2D eigenvalue weighted by molar-refractivity contribution is 0.330. The maximum atomic E-state index is 4.30. The van der Waals surface area contributed by atoms with Crippen molar-refractivity contribution in [3.63, 3.8) is 0 Å². The molecule has 0 spiro atoms. The Hall–Kier alpha value is -0.460. The van der Waals surface area contributed by atoms with Gasteiger partial charge in [0.2, 0.25) is 0 Å². The molecule has 132 valence electrons. The van der Waals surface area contributed by atoms with Crippen molar-refractivity contribution in [3.05, 3.63) is 12.3 Å². The molecule has 0 aromatic rings. The van der Waals surface area contributed by atoms with Crippen molar-refractivity contribution in [1.29, 1.82) is 0 Å². The van der Waals surface area contributed by atoms with Gasteiger partial charge in [0.25, 0.3) is 0 Å². The second-order valence-electron chi connectivity index (χ2n) is 7.31. The molecule has 0 bridgehead atoms. The van der Waals surface area contributed by atoms with E-state index in [1.807, 2.05) is 0 Å².